The van der Waals surface area contributed by atoms with E-state index >= 15 is 0 Å². The number of carbonyl (C=O) groups excluding carboxylic acids is 1. The normalized spacial score (nSPS) is 19.9. The lowest BCUT2D eigenvalue weighted by Crippen LogP contribution is -2.45. The molecule has 0 aromatic heterocycles. The Kier molecular flexibility index (Phi) is 5.99. The number of carbonyl (C=O) groups is 1. The molecular formula is C13H25N3OS. The number of nitrogens with zero attached hydrogens (tertiary/aromatic N) is 1. The van der Waals surface area contributed by atoms with Gasteiger partial charge < -0.3 is 10.6 Å². The summed E-state index contributed by atoms with van der Waals surface area (Å²) in [6.45, 7) is 9.80. The van der Waals surface area contributed by atoms with Gasteiger partial charge >= 0.3 is 0 Å². The fraction of sp³-hybridized carbons (Fsp3) is 0.846. The van der Waals surface area contributed by atoms with Crippen molar-refractivity contribution < 1.29 is 4.79 Å². The second kappa shape index (κ2) is 7.02. The predicted octanol–water partition coefficient (Wildman–Crippen LogP) is 2.01. The Morgan fingerprint density at radius 1 is 1.44 bits per heavy atom. The maximum atomic E-state index is 11.6. The van der Waals surface area contributed by atoms with Crippen molar-refractivity contribution in [3.05, 3.63) is 0 Å². The van der Waals surface area contributed by atoms with E-state index in [-0.39, 0.29) is 11.9 Å². The van der Waals surface area contributed by atoms with Crippen LogP contribution < -0.4 is 10.6 Å². The molecule has 1 aliphatic rings. The molecule has 0 fully saturated rings. The molecule has 0 saturated carbocycles. The highest BCUT2D eigenvalue weighted by atomic mass is 32.2. The molecule has 1 amide bonds. The molecule has 0 aromatic carbocycles. The molecule has 1 rings (SSSR count). The molecule has 5 heteroatoms. The summed E-state index contributed by atoms with van der Waals surface area (Å²) < 4.78 is 0. The van der Waals surface area contributed by atoms with Crippen molar-refractivity contribution >= 4 is 22.8 Å². The Bertz CT molecular complexity index is 313. The van der Waals surface area contributed by atoms with Crippen molar-refractivity contribution in [3.63, 3.8) is 0 Å². The topological polar surface area (TPSA) is 53.5 Å². The van der Waals surface area contributed by atoms with Crippen molar-refractivity contribution in [2.45, 2.75) is 46.6 Å². The molecule has 4 nitrogen and oxygen atoms in total. The van der Waals surface area contributed by atoms with E-state index in [1.54, 1.807) is 11.8 Å². The van der Waals surface area contributed by atoms with E-state index in [1.807, 2.05) is 13.8 Å². The summed E-state index contributed by atoms with van der Waals surface area (Å²) in [5.74, 6) is 1.12. The molecule has 2 N–H and O–H groups in total. The highest BCUT2D eigenvalue weighted by Crippen LogP contribution is 2.34. The van der Waals surface area contributed by atoms with Crippen LogP contribution in [-0.4, -0.2) is 36.0 Å². The molecule has 1 atom stereocenters. The SMILES string of the molecule is CCNC(=O)C(C)NC1=NCC(CC)(CC)CS1. The Morgan fingerprint density at radius 2 is 2.11 bits per heavy atom. The van der Waals surface area contributed by atoms with E-state index in [1.165, 1.54) is 12.8 Å². The van der Waals surface area contributed by atoms with Crippen LogP contribution in [0.3, 0.4) is 0 Å². The Labute approximate surface area is 114 Å². The highest BCUT2D eigenvalue weighted by molar-refractivity contribution is 8.13. The van der Waals surface area contributed by atoms with Gasteiger partial charge in [-0.3, -0.25) is 9.79 Å². The fourth-order valence-corrected chi connectivity index (χ4v) is 3.25. The standard InChI is InChI=1S/C13H25N3OS/c1-5-13(6-2)8-15-12(18-9-13)16-10(4)11(17)14-7-3/h10H,5-9H2,1-4H3,(H,14,17)(H,15,16). The van der Waals surface area contributed by atoms with Gasteiger partial charge in [-0.05, 0) is 32.1 Å². The van der Waals surface area contributed by atoms with Crippen LogP contribution in [0.4, 0.5) is 0 Å². The first-order chi connectivity index (χ1) is 8.56. The summed E-state index contributed by atoms with van der Waals surface area (Å²) >= 11 is 1.74. The number of likely N-dealkylation sites (N-methyl/N-ethyl adjacent to an activating group) is 1. The van der Waals surface area contributed by atoms with Crippen LogP contribution in [0.1, 0.15) is 40.5 Å². The number of thioether (sulfide) groups is 1. The van der Waals surface area contributed by atoms with Crippen molar-refractivity contribution in [2.24, 2.45) is 10.4 Å². The van der Waals surface area contributed by atoms with Crippen LogP contribution in [-0.2, 0) is 4.79 Å². The second-order valence-corrected chi connectivity index (χ2v) is 5.84. The largest absolute Gasteiger partial charge is 0.355 e. The van der Waals surface area contributed by atoms with Crippen LogP contribution in [0.2, 0.25) is 0 Å². The minimum absolute atomic E-state index is 0.0311. The van der Waals surface area contributed by atoms with Gasteiger partial charge in [0.05, 0.1) is 0 Å². The molecule has 18 heavy (non-hydrogen) atoms. The van der Waals surface area contributed by atoms with E-state index in [9.17, 15) is 4.79 Å². The Morgan fingerprint density at radius 3 is 2.56 bits per heavy atom. The summed E-state index contributed by atoms with van der Waals surface area (Å²) in [6.07, 6.45) is 2.33. The maximum Gasteiger partial charge on any atom is 0.242 e. The molecule has 104 valence electrons. The second-order valence-electron chi connectivity index (χ2n) is 4.88. The molecule has 0 saturated heterocycles. The molecule has 0 aromatic rings. The molecule has 0 radical (unpaired) electrons. The number of hydrogen-bond acceptors (Lipinski definition) is 4. The zero-order valence-corrected chi connectivity index (χ0v) is 12.7. The summed E-state index contributed by atoms with van der Waals surface area (Å²) in [5.41, 5.74) is 0.352. The van der Waals surface area contributed by atoms with Gasteiger partial charge in [-0.1, -0.05) is 25.6 Å². The molecule has 1 heterocycles. The number of rotatable bonds is 5. The molecule has 0 bridgehead atoms. The molecule has 0 aliphatic carbocycles. The lowest BCUT2D eigenvalue weighted by atomic mass is 9.84. The predicted molar refractivity (Wildman–Crippen MR) is 79.1 cm³/mol. The van der Waals surface area contributed by atoms with Gasteiger partial charge in [0.2, 0.25) is 5.91 Å². The third-order valence-corrected chi connectivity index (χ3v) is 4.93. The first kappa shape index (κ1) is 15.3. The molecule has 1 aliphatic heterocycles. The third kappa shape index (κ3) is 3.90. The van der Waals surface area contributed by atoms with Crippen LogP contribution in [0, 0.1) is 5.41 Å². The van der Waals surface area contributed by atoms with Crippen molar-refractivity contribution in [2.75, 3.05) is 18.8 Å². The highest BCUT2D eigenvalue weighted by Gasteiger charge is 2.30. The van der Waals surface area contributed by atoms with E-state index < -0.39 is 0 Å². The van der Waals surface area contributed by atoms with Crippen LogP contribution in [0.25, 0.3) is 0 Å². The van der Waals surface area contributed by atoms with Gasteiger partial charge in [-0.15, -0.1) is 0 Å². The first-order valence-electron chi connectivity index (χ1n) is 6.78. The van der Waals surface area contributed by atoms with Crippen molar-refractivity contribution in [1.29, 1.82) is 0 Å². The summed E-state index contributed by atoms with van der Waals surface area (Å²) in [6, 6.07) is -0.216. The van der Waals surface area contributed by atoms with Gasteiger partial charge in [0, 0.05) is 18.8 Å². The van der Waals surface area contributed by atoms with E-state index in [4.69, 9.17) is 0 Å². The molecular weight excluding hydrogens is 246 g/mol. The number of amides is 1. The Hall–Kier alpha value is -0.710. The van der Waals surface area contributed by atoms with Crippen molar-refractivity contribution in [3.8, 4) is 0 Å². The van der Waals surface area contributed by atoms with Gasteiger partial charge in [-0.2, -0.15) is 0 Å². The average Bonchev–Trinajstić information content (AvgIpc) is 2.40. The Balaban J connectivity index is 2.51. The van der Waals surface area contributed by atoms with Gasteiger partial charge in [-0.25, -0.2) is 0 Å². The first-order valence-corrected chi connectivity index (χ1v) is 7.77. The minimum atomic E-state index is -0.216. The van der Waals surface area contributed by atoms with E-state index in [0.717, 1.165) is 17.5 Å². The lowest BCUT2D eigenvalue weighted by Gasteiger charge is -2.33. The van der Waals surface area contributed by atoms with Gasteiger partial charge in [0.15, 0.2) is 5.17 Å². The van der Waals surface area contributed by atoms with Crippen molar-refractivity contribution in [1.82, 2.24) is 10.6 Å². The van der Waals surface area contributed by atoms with Crippen LogP contribution in [0.15, 0.2) is 4.99 Å². The molecule has 1 unspecified atom stereocenters. The average molecular weight is 271 g/mol. The maximum absolute atomic E-state index is 11.6. The van der Waals surface area contributed by atoms with E-state index in [0.29, 0.717) is 12.0 Å². The number of nitrogens with one attached hydrogen (secondary N) is 2. The van der Waals surface area contributed by atoms with Gasteiger partial charge in [0.25, 0.3) is 0 Å². The number of amidine groups is 1. The summed E-state index contributed by atoms with van der Waals surface area (Å²) in [4.78, 5) is 16.2. The van der Waals surface area contributed by atoms with Crippen LogP contribution in [0.5, 0.6) is 0 Å². The number of aliphatic imine (C=N–C) groups is 1. The monoisotopic (exact) mass is 271 g/mol. The fourth-order valence-electron chi connectivity index (χ4n) is 1.90. The smallest absolute Gasteiger partial charge is 0.242 e. The zero-order chi connectivity index (χ0) is 13.6. The van der Waals surface area contributed by atoms with E-state index in [2.05, 4.69) is 29.5 Å². The summed E-state index contributed by atoms with van der Waals surface area (Å²) in [7, 11) is 0. The molecule has 0 spiro atoms. The third-order valence-electron chi connectivity index (χ3n) is 3.66. The lowest BCUT2D eigenvalue weighted by molar-refractivity contribution is -0.122. The van der Waals surface area contributed by atoms with Gasteiger partial charge in [0.1, 0.15) is 6.04 Å². The quantitative estimate of drug-likeness (QED) is 0.804. The minimum Gasteiger partial charge on any atom is -0.355 e. The zero-order valence-electron chi connectivity index (χ0n) is 11.9. The van der Waals surface area contributed by atoms with Crippen LogP contribution >= 0.6 is 11.8 Å². The summed E-state index contributed by atoms with van der Waals surface area (Å²) in [5, 5.41) is 6.91. The number of hydrogen-bond donors (Lipinski definition) is 2.